The first kappa shape index (κ1) is 17.2. The van der Waals surface area contributed by atoms with E-state index in [0.29, 0.717) is 19.1 Å². The summed E-state index contributed by atoms with van der Waals surface area (Å²) in [4.78, 5) is 2.34. The van der Waals surface area contributed by atoms with E-state index in [1.54, 1.807) is 10.4 Å². The van der Waals surface area contributed by atoms with Crippen LogP contribution in [-0.2, 0) is 16.6 Å². The van der Waals surface area contributed by atoms with E-state index < -0.39 is 10.2 Å². The molecule has 5 nitrogen and oxygen atoms in total. The maximum Gasteiger partial charge on any atom is 0.279 e. The van der Waals surface area contributed by atoms with Crippen molar-refractivity contribution in [3.63, 3.8) is 0 Å². The van der Waals surface area contributed by atoms with E-state index in [1.165, 1.54) is 6.07 Å². The van der Waals surface area contributed by atoms with Gasteiger partial charge in [-0.2, -0.15) is 17.4 Å². The van der Waals surface area contributed by atoms with Gasteiger partial charge in [-0.1, -0.05) is 12.8 Å². The molecule has 0 spiro atoms. The maximum absolute atomic E-state index is 13.4. The van der Waals surface area contributed by atoms with E-state index in [2.05, 4.69) is 9.62 Å². The average molecular weight is 367 g/mol. The van der Waals surface area contributed by atoms with E-state index in [9.17, 15) is 12.8 Å². The predicted octanol–water partition coefficient (Wildman–Crippen LogP) is 2.43. The number of hydrogen-bond donors (Lipinski definition) is 1. The molecule has 1 N–H and O–H groups in total. The monoisotopic (exact) mass is 367 g/mol. The summed E-state index contributed by atoms with van der Waals surface area (Å²) in [6.07, 6.45) is 6.65. The van der Waals surface area contributed by atoms with Crippen LogP contribution in [0.15, 0.2) is 18.2 Å². The second kappa shape index (κ2) is 6.85. The van der Waals surface area contributed by atoms with Crippen molar-refractivity contribution in [1.29, 1.82) is 0 Å². The number of rotatable bonds is 4. The third-order valence-corrected chi connectivity index (χ3v) is 7.52. The van der Waals surface area contributed by atoms with Crippen molar-refractivity contribution in [2.24, 2.45) is 0 Å². The highest BCUT2D eigenvalue weighted by molar-refractivity contribution is 7.87. The average Bonchev–Trinajstić information content (AvgIpc) is 3.23. The SMILES string of the molecule is O=S(=O)(NC1CCCC1)N1CCC(N2CCc3cc(F)ccc32)CC1. The van der Waals surface area contributed by atoms with Crippen molar-refractivity contribution in [3.8, 4) is 0 Å². The van der Waals surface area contributed by atoms with Crippen LogP contribution in [0.5, 0.6) is 0 Å². The van der Waals surface area contributed by atoms with Crippen molar-refractivity contribution in [2.45, 2.75) is 57.0 Å². The number of fused-ring (bicyclic) bond motifs is 1. The predicted molar refractivity (Wildman–Crippen MR) is 96.4 cm³/mol. The summed E-state index contributed by atoms with van der Waals surface area (Å²) in [7, 11) is -3.36. The second-order valence-electron chi connectivity index (χ2n) is 7.45. The molecule has 2 aliphatic heterocycles. The van der Waals surface area contributed by atoms with Crippen molar-refractivity contribution in [2.75, 3.05) is 24.5 Å². The van der Waals surface area contributed by atoms with Gasteiger partial charge >= 0.3 is 0 Å². The lowest BCUT2D eigenvalue weighted by Gasteiger charge is -2.37. The number of piperidine rings is 1. The third kappa shape index (κ3) is 3.55. The van der Waals surface area contributed by atoms with E-state index in [4.69, 9.17) is 0 Å². The third-order valence-electron chi connectivity index (χ3n) is 5.85. The number of benzene rings is 1. The normalized spacial score (nSPS) is 23.3. The van der Waals surface area contributed by atoms with Gasteiger partial charge in [0, 0.05) is 37.4 Å². The van der Waals surface area contributed by atoms with Crippen LogP contribution in [0, 0.1) is 5.82 Å². The number of halogens is 1. The highest BCUT2D eigenvalue weighted by Crippen LogP contribution is 2.33. The lowest BCUT2D eigenvalue weighted by atomic mass is 10.0. The highest BCUT2D eigenvalue weighted by atomic mass is 32.2. The van der Waals surface area contributed by atoms with Crippen molar-refractivity contribution < 1.29 is 12.8 Å². The molecule has 0 bridgehead atoms. The fourth-order valence-corrected chi connectivity index (χ4v) is 6.00. The van der Waals surface area contributed by atoms with Crippen molar-refractivity contribution in [1.82, 2.24) is 9.03 Å². The number of anilines is 1. The smallest absolute Gasteiger partial charge is 0.279 e. The van der Waals surface area contributed by atoms with Gasteiger partial charge in [0.15, 0.2) is 0 Å². The van der Waals surface area contributed by atoms with E-state index in [1.807, 2.05) is 6.07 Å². The molecule has 0 atom stereocenters. The molecule has 1 aromatic rings. The zero-order valence-corrected chi connectivity index (χ0v) is 15.3. The molecular weight excluding hydrogens is 341 g/mol. The fourth-order valence-electron chi connectivity index (χ4n) is 4.50. The van der Waals surface area contributed by atoms with Crippen LogP contribution in [0.25, 0.3) is 0 Å². The Labute approximate surface area is 149 Å². The van der Waals surface area contributed by atoms with Gasteiger partial charge in [0.2, 0.25) is 0 Å². The Morgan fingerprint density at radius 2 is 1.76 bits per heavy atom. The van der Waals surface area contributed by atoms with Crippen molar-refractivity contribution in [3.05, 3.63) is 29.6 Å². The molecule has 1 aromatic carbocycles. The lowest BCUT2D eigenvalue weighted by Crippen LogP contribution is -2.51. The molecule has 1 aliphatic carbocycles. The van der Waals surface area contributed by atoms with Gasteiger partial charge in [-0.05, 0) is 55.9 Å². The van der Waals surface area contributed by atoms with Crippen LogP contribution in [0.1, 0.15) is 44.1 Å². The van der Waals surface area contributed by atoms with Gasteiger partial charge in [-0.15, -0.1) is 0 Å². The summed E-state index contributed by atoms with van der Waals surface area (Å²) in [6, 6.07) is 5.46. The molecule has 0 aromatic heterocycles. The molecule has 25 heavy (non-hydrogen) atoms. The first-order valence-electron chi connectivity index (χ1n) is 9.35. The minimum absolute atomic E-state index is 0.114. The summed E-state index contributed by atoms with van der Waals surface area (Å²) >= 11 is 0. The van der Waals surface area contributed by atoms with Gasteiger partial charge in [-0.25, -0.2) is 4.39 Å². The van der Waals surface area contributed by atoms with Gasteiger partial charge < -0.3 is 4.90 Å². The van der Waals surface area contributed by atoms with Crippen LogP contribution in [0.2, 0.25) is 0 Å². The number of nitrogens with one attached hydrogen (secondary N) is 1. The zero-order valence-electron chi connectivity index (χ0n) is 14.5. The minimum atomic E-state index is -3.36. The Bertz CT molecular complexity index is 726. The molecule has 2 fully saturated rings. The van der Waals surface area contributed by atoms with Crippen LogP contribution in [-0.4, -0.2) is 44.4 Å². The fraction of sp³-hybridized carbons (Fsp3) is 0.667. The standard InChI is InChI=1S/C18H26FN3O2S/c19-15-5-6-18-14(13-15)7-12-22(18)17-8-10-21(11-9-17)25(23,24)20-16-3-1-2-4-16/h5-6,13,16-17,20H,1-4,7-12H2. The van der Waals surface area contributed by atoms with Crippen LogP contribution in [0.3, 0.4) is 0 Å². The Hall–Kier alpha value is -1.18. The molecule has 0 amide bonds. The molecular formula is C18H26FN3O2S. The molecule has 0 radical (unpaired) electrons. The lowest BCUT2D eigenvalue weighted by molar-refractivity contribution is 0.306. The van der Waals surface area contributed by atoms with Crippen molar-refractivity contribution >= 4 is 15.9 Å². The maximum atomic E-state index is 13.4. The summed E-state index contributed by atoms with van der Waals surface area (Å²) in [5.41, 5.74) is 2.18. The molecule has 1 saturated carbocycles. The van der Waals surface area contributed by atoms with Gasteiger partial charge in [0.25, 0.3) is 10.2 Å². The molecule has 138 valence electrons. The molecule has 4 rings (SSSR count). The van der Waals surface area contributed by atoms with Gasteiger partial charge in [0.05, 0.1) is 0 Å². The first-order chi connectivity index (χ1) is 12.0. The minimum Gasteiger partial charge on any atom is -0.368 e. The number of hydrogen-bond acceptors (Lipinski definition) is 3. The number of nitrogens with zero attached hydrogens (tertiary/aromatic N) is 2. The molecule has 3 aliphatic rings. The van der Waals surface area contributed by atoms with E-state index in [-0.39, 0.29) is 11.9 Å². The Morgan fingerprint density at radius 1 is 1.04 bits per heavy atom. The first-order valence-corrected chi connectivity index (χ1v) is 10.8. The second-order valence-corrected chi connectivity index (χ2v) is 9.15. The van der Waals surface area contributed by atoms with Crippen LogP contribution >= 0.6 is 0 Å². The Morgan fingerprint density at radius 3 is 2.48 bits per heavy atom. The zero-order chi connectivity index (χ0) is 17.4. The van der Waals surface area contributed by atoms with Gasteiger partial charge in [-0.3, -0.25) is 0 Å². The molecule has 2 heterocycles. The van der Waals surface area contributed by atoms with E-state index >= 15 is 0 Å². The highest BCUT2D eigenvalue weighted by Gasteiger charge is 2.34. The largest absolute Gasteiger partial charge is 0.368 e. The summed E-state index contributed by atoms with van der Waals surface area (Å²) in [6.45, 7) is 2.01. The quantitative estimate of drug-likeness (QED) is 0.889. The topological polar surface area (TPSA) is 52.7 Å². The van der Waals surface area contributed by atoms with E-state index in [0.717, 1.165) is 62.7 Å². The molecule has 1 saturated heterocycles. The summed E-state index contributed by atoms with van der Waals surface area (Å²) < 4.78 is 43.0. The molecule has 0 unspecified atom stereocenters. The van der Waals surface area contributed by atoms with Gasteiger partial charge in [0.1, 0.15) is 5.82 Å². The van der Waals surface area contributed by atoms with Crippen LogP contribution < -0.4 is 9.62 Å². The van der Waals surface area contributed by atoms with Crippen LogP contribution in [0.4, 0.5) is 10.1 Å². The molecule has 7 heteroatoms. The summed E-state index contributed by atoms with van der Waals surface area (Å²) in [5.74, 6) is -0.181. The Balaban J connectivity index is 1.37. The summed E-state index contributed by atoms with van der Waals surface area (Å²) in [5, 5.41) is 0. The Kier molecular flexibility index (Phi) is 4.73.